The minimum atomic E-state index is -3.24. The number of amides is 1. The molecule has 0 aromatic heterocycles. The highest BCUT2D eigenvalue weighted by Gasteiger charge is 2.12. The van der Waals surface area contributed by atoms with Gasteiger partial charge in [0.15, 0.2) is 15.8 Å². The van der Waals surface area contributed by atoms with Crippen LogP contribution in [0.25, 0.3) is 0 Å². The zero-order chi connectivity index (χ0) is 22.7. The second-order valence-corrected chi connectivity index (χ2v) is 9.96. The number of rotatable bonds is 11. The van der Waals surface area contributed by atoms with Gasteiger partial charge in [0, 0.05) is 26.9 Å². The van der Waals surface area contributed by atoms with Crippen LogP contribution in [0.15, 0.2) is 28.1 Å². The molecule has 0 bridgehead atoms. The lowest BCUT2D eigenvalue weighted by Gasteiger charge is -2.19. The number of hydrogen-bond donors (Lipinski definition) is 2. The van der Waals surface area contributed by atoms with Gasteiger partial charge in [0.2, 0.25) is 5.91 Å². The predicted octanol–water partition coefficient (Wildman–Crippen LogP) is 3.36. The number of benzene rings is 1. The van der Waals surface area contributed by atoms with Crippen LogP contribution in [0.1, 0.15) is 50.7 Å². The lowest BCUT2D eigenvalue weighted by molar-refractivity contribution is -0.127. The molecule has 0 aliphatic rings. The third kappa shape index (κ3) is 11.2. The van der Waals surface area contributed by atoms with Crippen molar-refractivity contribution in [3.63, 3.8) is 0 Å². The molecule has 178 valence electrons. The number of sulfone groups is 1. The maximum absolute atomic E-state index is 12.0. The van der Waals surface area contributed by atoms with Crippen LogP contribution in [-0.2, 0) is 21.2 Å². The lowest BCUT2D eigenvalue weighted by Crippen LogP contribution is -2.44. The van der Waals surface area contributed by atoms with E-state index in [0.717, 1.165) is 24.9 Å². The Hall–Kier alpha value is -1.36. The molecule has 0 fully saturated rings. The molecule has 0 saturated heterocycles. The van der Waals surface area contributed by atoms with Crippen LogP contribution in [0, 0.1) is 12.8 Å². The Bertz CT molecular complexity index is 826. The summed E-state index contributed by atoms with van der Waals surface area (Å²) in [5.74, 6) is 1.11. The van der Waals surface area contributed by atoms with Gasteiger partial charge >= 0.3 is 0 Å². The molecule has 2 N–H and O–H groups in total. The van der Waals surface area contributed by atoms with E-state index in [4.69, 9.17) is 0 Å². The Morgan fingerprint density at radius 2 is 1.87 bits per heavy atom. The number of unbranched alkanes of at least 4 members (excludes halogenated alkanes) is 1. The zero-order valence-electron chi connectivity index (χ0n) is 19.7. The van der Waals surface area contributed by atoms with Crippen LogP contribution in [0.2, 0.25) is 0 Å². The zero-order valence-corrected chi connectivity index (χ0v) is 22.8. The maximum Gasteiger partial charge on any atom is 0.241 e. The van der Waals surface area contributed by atoms with E-state index in [1.54, 1.807) is 33.2 Å². The Labute approximate surface area is 205 Å². The molecule has 0 spiro atoms. The molecule has 1 atom stereocenters. The molecule has 0 aliphatic carbocycles. The molecule has 1 aromatic carbocycles. The number of nitrogens with zero attached hydrogens (tertiary/aromatic N) is 2. The molecule has 1 rings (SSSR count). The monoisotopic (exact) mass is 566 g/mol. The third-order valence-electron chi connectivity index (χ3n) is 5.07. The number of carbonyl (C=O) groups is 1. The fourth-order valence-corrected chi connectivity index (χ4v) is 4.03. The van der Waals surface area contributed by atoms with Crippen LogP contribution in [0.5, 0.6) is 0 Å². The average Bonchev–Trinajstić information content (AvgIpc) is 2.68. The maximum atomic E-state index is 12.0. The summed E-state index contributed by atoms with van der Waals surface area (Å²) in [6.07, 6.45) is 5.84. The third-order valence-corrected chi connectivity index (χ3v) is 6.32. The number of likely N-dealkylation sites (N-methyl/N-ethyl adjacent to an activating group) is 1. The first-order valence-electron chi connectivity index (χ1n) is 10.6. The summed E-state index contributed by atoms with van der Waals surface area (Å²) in [5, 5.41) is 6.48. The summed E-state index contributed by atoms with van der Waals surface area (Å²) >= 11 is 0. The SMILES string of the molecule is CCCCC(CC)CNC(=NCc1ccc(S(C)(=O)=O)c(C)c1)NCC(=O)N(C)C.I. The van der Waals surface area contributed by atoms with Gasteiger partial charge < -0.3 is 15.5 Å². The number of aryl methyl sites for hydroxylation is 1. The van der Waals surface area contributed by atoms with Crippen molar-refractivity contribution in [1.82, 2.24) is 15.5 Å². The lowest BCUT2D eigenvalue weighted by atomic mass is 9.99. The van der Waals surface area contributed by atoms with Gasteiger partial charge in [-0.3, -0.25) is 4.79 Å². The molecule has 0 saturated carbocycles. The van der Waals surface area contributed by atoms with Crippen molar-refractivity contribution in [3.05, 3.63) is 29.3 Å². The van der Waals surface area contributed by atoms with Gasteiger partial charge in [0.25, 0.3) is 0 Å². The Balaban J connectivity index is 0.00000900. The van der Waals surface area contributed by atoms with Gasteiger partial charge in [-0.1, -0.05) is 45.2 Å². The fraction of sp³-hybridized carbons (Fsp3) is 0.636. The summed E-state index contributed by atoms with van der Waals surface area (Å²) in [5.41, 5.74) is 1.62. The number of aliphatic imine (C=N–C) groups is 1. The van der Waals surface area contributed by atoms with Gasteiger partial charge in [-0.15, -0.1) is 24.0 Å². The summed E-state index contributed by atoms with van der Waals surface area (Å²) in [4.78, 5) is 18.4. The highest BCUT2D eigenvalue weighted by atomic mass is 127. The molecule has 7 nitrogen and oxygen atoms in total. The molecule has 1 aromatic rings. The van der Waals surface area contributed by atoms with E-state index in [-0.39, 0.29) is 36.4 Å². The van der Waals surface area contributed by atoms with Crippen LogP contribution >= 0.6 is 24.0 Å². The molecular formula is C22H39IN4O3S. The number of guanidine groups is 1. The molecule has 0 aliphatic heterocycles. The molecule has 9 heteroatoms. The van der Waals surface area contributed by atoms with E-state index < -0.39 is 9.84 Å². The number of hydrogen-bond acceptors (Lipinski definition) is 4. The highest BCUT2D eigenvalue weighted by molar-refractivity contribution is 14.0. The molecular weight excluding hydrogens is 527 g/mol. The minimum absolute atomic E-state index is 0. The quantitative estimate of drug-likeness (QED) is 0.244. The van der Waals surface area contributed by atoms with Gasteiger partial charge in [-0.2, -0.15) is 0 Å². The molecule has 31 heavy (non-hydrogen) atoms. The van der Waals surface area contributed by atoms with Crippen molar-refractivity contribution >= 4 is 45.7 Å². The van der Waals surface area contributed by atoms with Crippen molar-refractivity contribution < 1.29 is 13.2 Å². The van der Waals surface area contributed by atoms with Crippen molar-refractivity contribution in [2.45, 2.75) is 57.9 Å². The van der Waals surface area contributed by atoms with E-state index in [2.05, 4.69) is 29.5 Å². The number of halogens is 1. The van der Waals surface area contributed by atoms with Gasteiger partial charge in [0.05, 0.1) is 18.0 Å². The first-order valence-corrected chi connectivity index (χ1v) is 12.5. The topological polar surface area (TPSA) is 90.9 Å². The highest BCUT2D eigenvalue weighted by Crippen LogP contribution is 2.17. The van der Waals surface area contributed by atoms with Crippen molar-refractivity contribution in [2.24, 2.45) is 10.9 Å². The van der Waals surface area contributed by atoms with E-state index in [1.807, 2.05) is 6.07 Å². The van der Waals surface area contributed by atoms with E-state index >= 15 is 0 Å². The summed E-state index contributed by atoms with van der Waals surface area (Å²) in [6, 6.07) is 5.26. The molecule has 0 radical (unpaired) electrons. The van der Waals surface area contributed by atoms with Crippen molar-refractivity contribution in [3.8, 4) is 0 Å². The summed E-state index contributed by atoms with van der Waals surface area (Å²) < 4.78 is 23.6. The molecule has 0 heterocycles. The normalized spacial score (nSPS) is 12.6. The second-order valence-electron chi connectivity index (χ2n) is 7.98. The molecule has 1 unspecified atom stereocenters. The van der Waals surface area contributed by atoms with Gasteiger partial charge in [-0.05, 0) is 36.5 Å². The Morgan fingerprint density at radius 3 is 2.39 bits per heavy atom. The van der Waals surface area contributed by atoms with E-state index in [9.17, 15) is 13.2 Å². The Morgan fingerprint density at radius 1 is 1.19 bits per heavy atom. The standard InChI is InChI=1S/C22H38N4O3S.HI/c1-7-9-10-18(8-2)14-23-22(25-16-21(27)26(4)5)24-15-19-11-12-20(17(3)13-19)30(6,28)29;/h11-13,18H,7-10,14-16H2,1-6H3,(H2,23,24,25);1H. The largest absolute Gasteiger partial charge is 0.356 e. The van der Waals surface area contributed by atoms with E-state index in [1.165, 1.54) is 24.0 Å². The summed E-state index contributed by atoms with van der Waals surface area (Å²) in [6.45, 7) is 7.52. The van der Waals surface area contributed by atoms with Crippen LogP contribution in [-0.4, -0.2) is 58.6 Å². The van der Waals surface area contributed by atoms with Gasteiger partial charge in [0.1, 0.15) is 0 Å². The van der Waals surface area contributed by atoms with Crippen LogP contribution < -0.4 is 10.6 Å². The fourth-order valence-electron chi connectivity index (χ4n) is 3.07. The minimum Gasteiger partial charge on any atom is -0.356 e. The average molecular weight is 567 g/mol. The predicted molar refractivity (Wildman–Crippen MR) is 139 cm³/mol. The first kappa shape index (κ1) is 29.6. The smallest absolute Gasteiger partial charge is 0.241 e. The first-order chi connectivity index (χ1) is 14.1. The number of carbonyl (C=O) groups excluding carboxylic acids is 1. The van der Waals surface area contributed by atoms with Crippen molar-refractivity contribution in [1.29, 1.82) is 0 Å². The molecule has 1 amide bonds. The second kappa shape index (κ2) is 14.7. The summed E-state index contributed by atoms with van der Waals surface area (Å²) in [7, 11) is 0.202. The van der Waals surface area contributed by atoms with Crippen molar-refractivity contribution in [2.75, 3.05) is 33.4 Å². The Kier molecular flexibility index (Phi) is 14.0. The van der Waals surface area contributed by atoms with E-state index in [0.29, 0.717) is 28.9 Å². The van der Waals surface area contributed by atoms with Crippen LogP contribution in [0.3, 0.4) is 0 Å². The van der Waals surface area contributed by atoms with Crippen LogP contribution in [0.4, 0.5) is 0 Å². The number of nitrogens with one attached hydrogen (secondary N) is 2. The van der Waals surface area contributed by atoms with Gasteiger partial charge in [-0.25, -0.2) is 13.4 Å².